The van der Waals surface area contributed by atoms with E-state index in [0.29, 0.717) is 16.8 Å². The molecular formula is C10H13ClN2O3S. The highest BCUT2D eigenvalue weighted by molar-refractivity contribution is 8.00. The molecule has 0 aliphatic rings. The molecule has 1 heterocycles. The van der Waals surface area contributed by atoms with Crippen molar-refractivity contribution in [2.45, 2.75) is 23.6 Å². The Balaban J connectivity index is 2.96. The van der Waals surface area contributed by atoms with E-state index >= 15 is 0 Å². The first-order valence-corrected chi connectivity index (χ1v) is 6.42. The summed E-state index contributed by atoms with van der Waals surface area (Å²) in [5, 5.41) is 11.4. The average Bonchev–Trinajstić information content (AvgIpc) is 2.28. The Bertz CT molecular complexity index is 403. The fourth-order valence-electron chi connectivity index (χ4n) is 1.16. The van der Waals surface area contributed by atoms with Crippen molar-refractivity contribution in [3.63, 3.8) is 0 Å². The molecule has 1 aromatic heterocycles. The highest BCUT2D eigenvalue weighted by Crippen LogP contribution is 2.33. The molecule has 0 saturated carbocycles. The number of alkyl halides is 1. The minimum Gasteiger partial charge on any atom is -0.481 e. The zero-order chi connectivity index (χ0) is 12.8. The molecule has 0 aliphatic carbocycles. The molecule has 7 heteroatoms. The predicted molar refractivity (Wildman–Crippen MR) is 68.1 cm³/mol. The summed E-state index contributed by atoms with van der Waals surface area (Å²) in [4.78, 5) is 14.5. The van der Waals surface area contributed by atoms with Crippen LogP contribution in [0.25, 0.3) is 0 Å². The number of nitro groups is 1. The van der Waals surface area contributed by atoms with E-state index in [0.717, 1.165) is 6.42 Å². The second-order valence-corrected chi connectivity index (χ2v) is 5.15. The maximum absolute atomic E-state index is 10.8. The van der Waals surface area contributed by atoms with Crippen molar-refractivity contribution >= 4 is 29.1 Å². The number of nitrogens with zero attached hydrogens (tertiary/aromatic N) is 2. The van der Waals surface area contributed by atoms with E-state index < -0.39 is 4.92 Å². The molecule has 0 aliphatic heterocycles. The summed E-state index contributed by atoms with van der Waals surface area (Å²) in [5.41, 5.74) is -0.00257. The van der Waals surface area contributed by atoms with Crippen molar-refractivity contribution < 1.29 is 9.66 Å². The smallest absolute Gasteiger partial charge is 0.301 e. The zero-order valence-corrected chi connectivity index (χ0v) is 11.1. The number of halogens is 1. The molecule has 0 bridgehead atoms. The summed E-state index contributed by atoms with van der Waals surface area (Å²) >= 11 is 6.97. The molecule has 1 atom stereocenters. The van der Waals surface area contributed by atoms with Crippen LogP contribution in [0.15, 0.2) is 17.2 Å². The minimum atomic E-state index is -0.442. The molecule has 17 heavy (non-hydrogen) atoms. The lowest BCUT2D eigenvalue weighted by Gasteiger charge is -2.09. The summed E-state index contributed by atoms with van der Waals surface area (Å²) in [6.07, 6.45) is 0.766. The van der Waals surface area contributed by atoms with Crippen LogP contribution in [0.5, 0.6) is 5.88 Å². The maximum Gasteiger partial charge on any atom is 0.301 e. The molecule has 0 amide bonds. The summed E-state index contributed by atoms with van der Waals surface area (Å²) in [5.74, 6) is 0.891. The lowest BCUT2D eigenvalue weighted by atomic mass is 10.4. The fourth-order valence-corrected chi connectivity index (χ4v) is 2.64. The molecule has 0 aromatic carbocycles. The maximum atomic E-state index is 10.8. The Labute approximate surface area is 109 Å². The van der Waals surface area contributed by atoms with Gasteiger partial charge in [0.1, 0.15) is 0 Å². The van der Waals surface area contributed by atoms with E-state index in [9.17, 15) is 10.1 Å². The third kappa shape index (κ3) is 4.05. The van der Waals surface area contributed by atoms with Crippen molar-refractivity contribution in [2.75, 3.05) is 13.0 Å². The standard InChI is InChI=1S/C10H13ClN2O3S/c1-7(5-6-11)17-10-8(13(14)15)3-4-9(12-10)16-2/h3-4,7H,5-6H2,1-2H3. The van der Waals surface area contributed by atoms with Gasteiger partial charge in [0.25, 0.3) is 0 Å². The number of hydrogen-bond acceptors (Lipinski definition) is 5. The van der Waals surface area contributed by atoms with E-state index in [1.165, 1.54) is 31.0 Å². The van der Waals surface area contributed by atoms with Crippen LogP contribution >= 0.6 is 23.4 Å². The van der Waals surface area contributed by atoms with Crippen LogP contribution in [0.4, 0.5) is 5.69 Å². The Kier molecular flexibility index (Phi) is 5.50. The van der Waals surface area contributed by atoms with Gasteiger partial charge in [0.05, 0.1) is 12.0 Å². The van der Waals surface area contributed by atoms with Crippen molar-refractivity contribution in [1.82, 2.24) is 4.98 Å². The van der Waals surface area contributed by atoms with Crippen molar-refractivity contribution in [3.8, 4) is 5.88 Å². The van der Waals surface area contributed by atoms with Crippen LogP contribution in [0, 0.1) is 10.1 Å². The third-order valence-corrected chi connectivity index (χ3v) is 3.43. The molecule has 1 unspecified atom stereocenters. The molecule has 0 saturated heterocycles. The lowest BCUT2D eigenvalue weighted by Crippen LogP contribution is -2.01. The first-order chi connectivity index (χ1) is 8.08. The normalized spacial score (nSPS) is 12.2. The Morgan fingerprint density at radius 1 is 1.65 bits per heavy atom. The number of pyridine rings is 1. The van der Waals surface area contributed by atoms with E-state index in [4.69, 9.17) is 16.3 Å². The molecule has 0 fully saturated rings. The molecular weight excluding hydrogens is 264 g/mol. The van der Waals surface area contributed by atoms with Gasteiger partial charge in [-0.15, -0.1) is 11.6 Å². The van der Waals surface area contributed by atoms with Crippen LogP contribution in [-0.2, 0) is 0 Å². The number of thioether (sulfide) groups is 1. The lowest BCUT2D eigenvalue weighted by molar-refractivity contribution is -0.388. The summed E-state index contributed by atoms with van der Waals surface area (Å²) in [7, 11) is 1.48. The van der Waals surface area contributed by atoms with E-state index in [2.05, 4.69) is 4.98 Å². The van der Waals surface area contributed by atoms with E-state index in [1.54, 1.807) is 0 Å². The topological polar surface area (TPSA) is 65.3 Å². The number of ether oxygens (including phenoxy) is 1. The first-order valence-electron chi connectivity index (χ1n) is 5.00. The molecule has 5 nitrogen and oxygen atoms in total. The predicted octanol–water partition coefficient (Wildman–Crippen LogP) is 3.11. The SMILES string of the molecule is COc1ccc([N+](=O)[O-])c(SC(C)CCCl)n1. The molecule has 1 rings (SSSR count). The monoisotopic (exact) mass is 276 g/mol. The summed E-state index contributed by atoms with van der Waals surface area (Å²) < 4.78 is 4.96. The first kappa shape index (κ1) is 14.1. The second-order valence-electron chi connectivity index (χ2n) is 3.34. The molecule has 0 radical (unpaired) electrons. The third-order valence-electron chi connectivity index (χ3n) is 2.05. The number of rotatable bonds is 6. The summed E-state index contributed by atoms with van der Waals surface area (Å²) in [6.45, 7) is 1.96. The van der Waals surface area contributed by atoms with Crippen LogP contribution in [0.1, 0.15) is 13.3 Å². The second kappa shape index (κ2) is 6.66. The Morgan fingerprint density at radius 2 is 2.35 bits per heavy atom. The highest BCUT2D eigenvalue weighted by atomic mass is 35.5. The van der Waals surface area contributed by atoms with Gasteiger partial charge in [-0.05, 0) is 6.42 Å². The van der Waals surface area contributed by atoms with Gasteiger partial charge < -0.3 is 4.74 Å². The molecule has 0 N–H and O–H groups in total. The largest absolute Gasteiger partial charge is 0.481 e. The van der Waals surface area contributed by atoms with Crippen LogP contribution in [0.2, 0.25) is 0 Å². The Hall–Kier alpha value is -1.01. The van der Waals surface area contributed by atoms with Gasteiger partial charge in [0.2, 0.25) is 5.88 Å². The van der Waals surface area contributed by atoms with Crippen molar-refractivity contribution in [3.05, 3.63) is 22.2 Å². The van der Waals surface area contributed by atoms with E-state index in [-0.39, 0.29) is 10.9 Å². The minimum absolute atomic E-state index is 0.00257. The summed E-state index contributed by atoms with van der Waals surface area (Å²) in [6, 6.07) is 2.88. The average molecular weight is 277 g/mol. The van der Waals surface area contributed by atoms with Crippen LogP contribution in [0.3, 0.4) is 0 Å². The van der Waals surface area contributed by atoms with Crippen molar-refractivity contribution in [1.29, 1.82) is 0 Å². The van der Waals surface area contributed by atoms with Gasteiger partial charge in [0.15, 0.2) is 5.03 Å². The van der Waals surface area contributed by atoms with Gasteiger partial charge in [-0.1, -0.05) is 18.7 Å². The van der Waals surface area contributed by atoms with Gasteiger partial charge in [-0.25, -0.2) is 0 Å². The quantitative estimate of drug-likeness (QED) is 0.346. The molecule has 0 spiro atoms. The van der Waals surface area contributed by atoms with Crippen LogP contribution in [-0.4, -0.2) is 28.1 Å². The Morgan fingerprint density at radius 3 is 2.88 bits per heavy atom. The van der Waals surface area contributed by atoms with Crippen molar-refractivity contribution in [2.24, 2.45) is 0 Å². The molecule has 1 aromatic rings. The highest BCUT2D eigenvalue weighted by Gasteiger charge is 2.19. The van der Waals surface area contributed by atoms with Gasteiger partial charge >= 0.3 is 5.69 Å². The van der Waals surface area contributed by atoms with Gasteiger partial charge in [0, 0.05) is 23.3 Å². The van der Waals surface area contributed by atoms with Gasteiger partial charge in [-0.3, -0.25) is 10.1 Å². The number of hydrogen-bond donors (Lipinski definition) is 0. The van der Waals surface area contributed by atoms with E-state index in [1.807, 2.05) is 6.92 Å². The fraction of sp³-hybridized carbons (Fsp3) is 0.500. The number of aromatic nitrogens is 1. The zero-order valence-electron chi connectivity index (χ0n) is 9.55. The van der Waals surface area contributed by atoms with Gasteiger partial charge in [-0.2, -0.15) is 4.98 Å². The molecule has 94 valence electrons. The van der Waals surface area contributed by atoms with Crippen LogP contribution < -0.4 is 4.74 Å². The number of methoxy groups -OCH3 is 1.